The van der Waals surface area contributed by atoms with Crippen LogP contribution in [-0.2, 0) is 20.7 Å². The van der Waals surface area contributed by atoms with Gasteiger partial charge in [0.05, 0.1) is 5.69 Å². The Kier molecular flexibility index (Phi) is 8.66. The van der Waals surface area contributed by atoms with Gasteiger partial charge in [-0.2, -0.15) is 4.37 Å². The summed E-state index contributed by atoms with van der Waals surface area (Å²) in [5.74, 6) is -0.541. The summed E-state index contributed by atoms with van der Waals surface area (Å²) < 4.78 is 16.1. The molecule has 1 aromatic heterocycles. The highest BCUT2D eigenvalue weighted by atomic mass is 79.9. The second-order valence-electron chi connectivity index (χ2n) is 8.68. The van der Waals surface area contributed by atoms with Crippen LogP contribution in [-0.4, -0.2) is 33.7 Å². The van der Waals surface area contributed by atoms with E-state index in [1.165, 1.54) is 20.9 Å². The number of carbonyl (C=O) groups excluding carboxylic acids is 2. The van der Waals surface area contributed by atoms with Gasteiger partial charge in [0.2, 0.25) is 0 Å². The molecule has 2 rings (SSSR count). The Hall–Kier alpha value is -1.49. The molecule has 0 fully saturated rings. The molecule has 0 aliphatic rings. The zero-order valence-corrected chi connectivity index (χ0v) is 22.1. The maximum Gasteiger partial charge on any atom is 0.408 e. The minimum Gasteiger partial charge on any atom is -0.458 e. The molecule has 1 heterocycles. The van der Waals surface area contributed by atoms with Crippen LogP contribution in [0.15, 0.2) is 27.7 Å². The highest BCUT2D eigenvalue weighted by Gasteiger charge is 2.29. The highest BCUT2D eigenvalue weighted by molar-refractivity contribution is 9.10. The summed E-state index contributed by atoms with van der Waals surface area (Å²) in [6.45, 7) is 10.6. The van der Waals surface area contributed by atoms with Crippen molar-refractivity contribution in [3.8, 4) is 0 Å². The van der Waals surface area contributed by atoms with Crippen molar-refractivity contribution in [2.24, 2.45) is 4.99 Å². The van der Waals surface area contributed by atoms with Crippen LogP contribution in [0.4, 0.5) is 10.5 Å². The number of aromatic nitrogens is 1. The van der Waals surface area contributed by atoms with Crippen molar-refractivity contribution in [2.45, 2.75) is 65.2 Å². The number of nitrogens with zero attached hydrogens (tertiary/aromatic N) is 2. The standard InChI is InChI=1S/C20H25BrClN3O4S2/c1-19(2,3)28-17(26)14(24-18(27)29-20(4,5)6)10-11-7-8-13(12(21)9-11)23-16-15(22)25-31-30-16/h7-9,14H,10H2,1-6H3,(H,24,27)/b23-16+/t14-/m0/s1. The first-order valence-electron chi connectivity index (χ1n) is 9.40. The summed E-state index contributed by atoms with van der Waals surface area (Å²) >= 11 is 9.53. The van der Waals surface area contributed by atoms with Crippen molar-refractivity contribution >= 4 is 66.2 Å². The number of nitrogens with one attached hydrogen (secondary N) is 1. The van der Waals surface area contributed by atoms with Gasteiger partial charge in [0.25, 0.3) is 0 Å². The molecule has 2 aromatic rings. The Balaban J connectivity index is 2.24. The predicted octanol–water partition coefficient (Wildman–Crippen LogP) is 5.63. The average molecular weight is 551 g/mol. The third-order valence-electron chi connectivity index (χ3n) is 3.47. The van der Waals surface area contributed by atoms with E-state index in [9.17, 15) is 9.59 Å². The van der Waals surface area contributed by atoms with Gasteiger partial charge in [-0.25, -0.2) is 14.6 Å². The van der Waals surface area contributed by atoms with E-state index in [1.54, 1.807) is 47.6 Å². The van der Waals surface area contributed by atoms with Crippen LogP contribution >= 0.6 is 48.4 Å². The molecule has 0 saturated carbocycles. The number of hydrogen-bond acceptors (Lipinski definition) is 8. The fraction of sp³-hybridized carbons (Fsp3) is 0.500. The van der Waals surface area contributed by atoms with Crippen molar-refractivity contribution < 1.29 is 19.1 Å². The molecule has 0 aliphatic carbocycles. The molecule has 0 spiro atoms. The molecular formula is C20H25BrClN3O4S2. The molecule has 0 saturated heterocycles. The lowest BCUT2D eigenvalue weighted by Gasteiger charge is -2.26. The first kappa shape index (κ1) is 25.8. The predicted molar refractivity (Wildman–Crippen MR) is 127 cm³/mol. The Morgan fingerprint density at radius 3 is 2.35 bits per heavy atom. The van der Waals surface area contributed by atoms with Gasteiger partial charge < -0.3 is 14.8 Å². The van der Waals surface area contributed by atoms with Crippen molar-refractivity contribution in [3.63, 3.8) is 0 Å². The Morgan fingerprint density at radius 1 is 1.19 bits per heavy atom. The Bertz CT molecular complexity index is 1010. The third-order valence-corrected chi connectivity index (χ3v) is 6.27. The van der Waals surface area contributed by atoms with E-state index in [-0.39, 0.29) is 6.42 Å². The van der Waals surface area contributed by atoms with Gasteiger partial charge in [0, 0.05) is 21.4 Å². The molecule has 1 N–H and O–H groups in total. The molecule has 170 valence electrons. The normalized spacial score (nSPS) is 13.6. The van der Waals surface area contributed by atoms with Crippen LogP contribution in [0.3, 0.4) is 0 Å². The van der Waals surface area contributed by atoms with Gasteiger partial charge >= 0.3 is 12.1 Å². The van der Waals surface area contributed by atoms with Crippen molar-refractivity contribution in [1.29, 1.82) is 0 Å². The van der Waals surface area contributed by atoms with Crippen LogP contribution < -0.4 is 9.99 Å². The van der Waals surface area contributed by atoms with E-state index >= 15 is 0 Å². The first-order chi connectivity index (χ1) is 14.2. The van der Waals surface area contributed by atoms with Crippen LogP contribution in [0.2, 0.25) is 5.15 Å². The lowest BCUT2D eigenvalue weighted by molar-refractivity contribution is -0.157. The molecule has 0 radical (unpaired) electrons. The van der Waals surface area contributed by atoms with Gasteiger partial charge in [-0.05, 0) is 85.5 Å². The van der Waals surface area contributed by atoms with E-state index in [4.69, 9.17) is 21.1 Å². The van der Waals surface area contributed by atoms with Crippen LogP contribution in [0.25, 0.3) is 0 Å². The lowest BCUT2D eigenvalue weighted by atomic mass is 10.1. The molecule has 0 unspecified atom stereocenters. The Morgan fingerprint density at radius 2 is 1.84 bits per heavy atom. The van der Waals surface area contributed by atoms with Gasteiger partial charge in [-0.3, -0.25) is 0 Å². The van der Waals surface area contributed by atoms with Crippen LogP contribution in [0.1, 0.15) is 47.1 Å². The minimum absolute atomic E-state index is 0.219. The second kappa shape index (κ2) is 10.4. The maximum absolute atomic E-state index is 12.7. The zero-order valence-electron chi connectivity index (χ0n) is 18.1. The molecule has 11 heteroatoms. The molecule has 1 atom stereocenters. The van der Waals surface area contributed by atoms with Crippen molar-refractivity contribution in [1.82, 2.24) is 9.69 Å². The fourth-order valence-corrected chi connectivity index (χ4v) is 4.85. The molecule has 7 nitrogen and oxygen atoms in total. The number of amides is 1. The molecule has 1 amide bonds. The quantitative estimate of drug-likeness (QED) is 0.385. The molecule has 0 bridgehead atoms. The zero-order chi connectivity index (χ0) is 23.4. The summed E-state index contributed by atoms with van der Waals surface area (Å²) in [6, 6.07) is 4.56. The number of ether oxygens (including phenoxy) is 2. The van der Waals surface area contributed by atoms with Gasteiger partial charge in [-0.15, -0.1) is 0 Å². The number of carbonyl (C=O) groups is 2. The van der Waals surface area contributed by atoms with Gasteiger partial charge in [-0.1, -0.05) is 17.7 Å². The number of hydrogen-bond donors (Lipinski definition) is 1. The van der Waals surface area contributed by atoms with E-state index in [0.717, 1.165) is 10.0 Å². The number of esters is 1. The molecular weight excluding hydrogens is 526 g/mol. The van der Waals surface area contributed by atoms with E-state index in [2.05, 4.69) is 30.6 Å². The van der Waals surface area contributed by atoms with E-state index < -0.39 is 29.3 Å². The number of halogens is 2. The number of rotatable bonds is 5. The summed E-state index contributed by atoms with van der Waals surface area (Å²) in [7, 11) is 2.64. The third kappa shape index (κ3) is 8.88. The summed E-state index contributed by atoms with van der Waals surface area (Å²) in [6.07, 6.45) is -0.466. The SMILES string of the molecule is CC(C)(C)OC(=O)N[C@@H](Cc1ccc(/N=c2/ssnc2Cl)c(Br)c1)C(=O)OC(C)(C)C. The second-order valence-corrected chi connectivity index (χ2v) is 11.7. The lowest BCUT2D eigenvalue weighted by Crippen LogP contribution is -2.47. The summed E-state index contributed by atoms with van der Waals surface area (Å²) in [5.41, 5.74) is 0.101. The van der Waals surface area contributed by atoms with Gasteiger partial charge in [0.1, 0.15) is 17.2 Å². The molecule has 0 aliphatic heterocycles. The fourth-order valence-electron chi connectivity index (χ4n) is 2.35. The van der Waals surface area contributed by atoms with E-state index in [1.807, 2.05) is 12.1 Å². The topological polar surface area (TPSA) is 89.9 Å². The maximum atomic E-state index is 12.7. The molecule has 1 aromatic carbocycles. The van der Waals surface area contributed by atoms with Crippen molar-refractivity contribution in [3.05, 3.63) is 38.1 Å². The minimum atomic E-state index is -0.915. The van der Waals surface area contributed by atoms with Crippen molar-refractivity contribution in [2.75, 3.05) is 0 Å². The summed E-state index contributed by atoms with van der Waals surface area (Å²) in [5, 5.41) is 2.98. The smallest absolute Gasteiger partial charge is 0.408 e. The van der Waals surface area contributed by atoms with Crippen LogP contribution in [0.5, 0.6) is 0 Å². The highest BCUT2D eigenvalue weighted by Crippen LogP contribution is 2.27. The largest absolute Gasteiger partial charge is 0.458 e. The van der Waals surface area contributed by atoms with Crippen LogP contribution in [0, 0.1) is 0 Å². The summed E-state index contributed by atoms with van der Waals surface area (Å²) in [4.78, 5) is 29.5. The molecule has 31 heavy (non-hydrogen) atoms. The number of alkyl carbamates (subject to hydrolysis) is 1. The number of benzene rings is 1. The first-order valence-corrected chi connectivity index (χ1v) is 12.7. The van der Waals surface area contributed by atoms with E-state index in [0.29, 0.717) is 15.5 Å². The Labute approximate surface area is 202 Å². The van der Waals surface area contributed by atoms with Gasteiger partial charge in [0.15, 0.2) is 9.82 Å². The average Bonchev–Trinajstić information content (AvgIpc) is 2.98. The monoisotopic (exact) mass is 549 g/mol.